The van der Waals surface area contributed by atoms with E-state index in [9.17, 15) is 4.79 Å². The van der Waals surface area contributed by atoms with Crippen LogP contribution in [0.1, 0.15) is 55.1 Å². The molecule has 0 spiro atoms. The molecular weight excluding hydrogens is 380 g/mol. The van der Waals surface area contributed by atoms with Crippen molar-refractivity contribution in [1.82, 2.24) is 24.8 Å². The number of hydrogen-bond donors (Lipinski definition) is 1. The lowest BCUT2D eigenvalue weighted by Gasteiger charge is -2.33. The van der Waals surface area contributed by atoms with Gasteiger partial charge in [0.1, 0.15) is 5.82 Å². The number of aromatic amines is 1. The van der Waals surface area contributed by atoms with Gasteiger partial charge in [-0.3, -0.25) is 14.7 Å². The van der Waals surface area contributed by atoms with Crippen LogP contribution >= 0.6 is 0 Å². The number of nitrogens with zero attached hydrogens (tertiary/aromatic N) is 5. The molecule has 0 aromatic carbocycles. The first-order valence-corrected chi connectivity index (χ1v) is 11.1. The Balaban J connectivity index is 1.41. The summed E-state index contributed by atoms with van der Waals surface area (Å²) in [6, 6.07) is 1.69. The van der Waals surface area contributed by atoms with E-state index in [4.69, 9.17) is 9.72 Å². The fourth-order valence-corrected chi connectivity index (χ4v) is 4.41. The van der Waals surface area contributed by atoms with Gasteiger partial charge in [0.15, 0.2) is 0 Å². The molecule has 30 heavy (non-hydrogen) atoms. The van der Waals surface area contributed by atoms with Crippen molar-refractivity contribution < 1.29 is 4.74 Å². The second-order valence-corrected chi connectivity index (χ2v) is 8.37. The standard InChI is InChI=1S/C22H32N6O2/c1-30-11-7-20-23-13-17(14-24-20)15-27-8-5-6-18(16-27)19-12-21(29)26-22(25-19)28-9-3-2-4-10-28/h12-14,18H,2-11,15-16H2,1H3,(H,25,26,29)/t18-/m1/s1. The molecule has 0 radical (unpaired) electrons. The smallest absolute Gasteiger partial charge is 0.252 e. The Hall–Kier alpha value is -2.32. The summed E-state index contributed by atoms with van der Waals surface area (Å²) in [5, 5.41) is 0. The molecule has 4 heterocycles. The SMILES string of the molecule is COCCc1ncc(CN2CCC[C@@H](c3cc(=O)[nH]c(N4CCCCC4)n3)C2)cn1. The van der Waals surface area contributed by atoms with Crippen molar-refractivity contribution in [2.45, 2.75) is 51.0 Å². The third-order valence-electron chi connectivity index (χ3n) is 6.02. The number of methoxy groups -OCH3 is 1. The molecular formula is C22H32N6O2. The van der Waals surface area contributed by atoms with E-state index in [0.29, 0.717) is 6.61 Å². The average Bonchev–Trinajstić information content (AvgIpc) is 2.79. The highest BCUT2D eigenvalue weighted by Gasteiger charge is 2.24. The lowest BCUT2D eigenvalue weighted by molar-refractivity contribution is 0.197. The van der Waals surface area contributed by atoms with Gasteiger partial charge >= 0.3 is 0 Å². The highest BCUT2D eigenvalue weighted by atomic mass is 16.5. The van der Waals surface area contributed by atoms with Gasteiger partial charge in [-0.25, -0.2) is 15.0 Å². The molecule has 2 aromatic rings. The molecule has 1 atom stereocenters. The first-order valence-electron chi connectivity index (χ1n) is 11.1. The summed E-state index contributed by atoms with van der Waals surface area (Å²) in [7, 11) is 1.69. The third kappa shape index (κ3) is 5.43. The number of piperidine rings is 2. The van der Waals surface area contributed by atoms with Gasteiger partial charge < -0.3 is 9.64 Å². The van der Waals surface area contributed by atoms with E-state index in [1.807, 2.05) is 12.4 Å². The van der Waals surface area contributed by atoms with Gasteiger partial charge in [0.2, 0.25) is 5.95 Å². The average molecular weight is 413 g/mol. The van der Waals surface area contributed by atoms with Crippen LogP contribution in [0, 0.1) is 0 Å². The van der Waals surface area contributed by atoms with E-state index in [1.54, 1.807) is 13.2 Å². The van der Waals surface area contributed by atoms with Gasteiger partial charge in [-0.05, 0) is 38.6 Å². The zero-order valence-electron chi connectivity index (χ0n) is 17.8. The molecule has 0 bridgehead atoms. The first kappa shape index (κ1) is 20.9. The van der Waals surface area contributed by atoms with Crippen LogP contribution in [0.25, 0.3) is 0 Å². The summed E-state index contributed by atoms with van der Waals surface area (Å²) in [5.74, 6) is 1.84. The van der Waals surface area contributed by atoms with Crippen LogP contribution in [-0.2, 0) is 17.7 Å². The number of nitrogens with one attached hydrogen (secondary N) is 1. The van der Waals surface area contributed by atoms with Gasteiger partial charge in [-0.2, -0.15) is 0 Å². The number of likely N-dealkylation sites (tertiary alicyclic amines) is 1. The molecule has 0 unspecified atom stereocenters. The maximum Gasteiger partial charge on any atom is 0.252 e. The fraction of sp³-hybridized carbons (Fsp3) is 0.636. The summed E-state index contributed by atoms with van der Waals surface area (Å²) in [6.07, 6.45) is 10.3. The number of ether oxygens (including phenoxy) is 1. The van der Waals surface area contributed by atoms with E-state index < -0.39 is 0 Å². The second-order valence-electron chi connectivity index (χ2n) is 8.37. The van der Waals surface area contributed by atoms with E-state index in [-0.39, 0.29) is 11.5 Å². The van der Waals surface area contributed by atoms with Crippen molar-refractivity contribution in [3.63, 3.8) is 0 Å². The topological polar surface area (TPSA) is 87.2 Å². The van der Waals surface area contributed by atoms with Crippen molar-refractivity contribution >= 4 is 5.95 Å². The minimum atomic E-state index is -0.0438. The Morgan fingerprint density at radius 3 is 2.70 bits per heavy atom. The number of rotatable bonds is 7. The summed E-state index contributed by atoms with van der Waals surface area (Å²) >= 11 is 0. The number of hydrogen-bond acceptors (Lipinski definition) is 7. The Morgan fingerprint density at radius 2 is 1.93 bits per heavy atom. The summed E-state index contributed by atoms with van der Waals surface area (Å²) < 4.78 is 5.09. The summed E-state index contributed by atoms with van der Waals surface area (Å²) in [6.45, 7) is 5.36. The Morgan fingerprint density at radius 1 is 1.13 bits per heavy atom. The maximum atomic E-state index is 12.3. The monoisotopic (exact) mass is 412 g/mol. The minimum Gasteiger partial charge on any atom is -0.384 e. The minimum absolute atomic E-state index is 0.0438. The number of anilines is 1. The van der Waals surface area contributed by atoms with Crippen LogP contribution in [-0.4, -0.2) is 64.7 Å². The molecule has 162 valence electrons. The summed E-state index contributed by atoms with van der Waals surface area (Å²) in [5.41, 5.74) is 2.00. The zero-order valence-corrected chi connectivity index (χ0v) is 17.8. The number of H-pyrrole nitrogens is 1. The van der Waals surface area contributed by atoms with Crippen LogP contribution in [0.15, 0.2) is 23.3 Å². The van der Waals surface area contributed by atoms with Crippen molar-refractivity contribution in [3.05, 3.63) is 45.9 Å². The highest BCUT2D eigenvalue weighted by molar-refractivity contribution is 5.31. The molecule has 0 amide bonds. The van der Waals surface area contributed by atoms with E-state index in [2.05, 4.69) is 24.8 Å². The van der Waals surface area contributed by atoms with E-state index in [1.165, 1.54) is 6.42 Å². The molecule has 2 aliphatic rings. The van der Waals surface area contributed by atoms with Gasteiger partial charge in [0.25, 0.3) is 5.56 Å². The Labute approximate surface area is 177 Å². The fourth-order valence-electron chi connectivity index (χ4n) is 4.41. The Kier molecular flexibility index (Phi) is 7.07. The molecule has 2 aliphatic heterocycles. The maximum absolute atomic E-state index is 12.3. The van der Waals surface area contributed by atoms with Crippen LogP contribution in [0.5, 0.6) is 0 Å². The number of aromatic nitrogens is 4. The van der Waals surface area contributed by atoms with E-state index >= 15 is 0 Å². The van der Waals surface area contributed by atoms with Crippen LogP contribution in [0.4, 0.5) is 5.95 Å². The van der Waals surface area contributed by atoms with E-state index in [0.717, 1.165) is 87.9 Å². The predicted octanol–water partition coefficient (Wildman–Crippen LogP) is 2.12. The van der Waals surface area contributed by atoms with Crippen molar-refractivity contribution in [2.24, 2.45) is 0 Å². The van der Waals surface area contributed by atoms with Crippen LogP contribution in [0.3, 0.4) is 0 Å². The highest BCUT2D eigenvalue weighted by Crippen LogP contribution is 2.27. The lowest BCUT2D eigenvalue weighted by atomic mass is 9.94. The van der Waals surface area contributed by atoms with Crippen molar-refractivity contribution in [1.29, 1.82) is 0 Å². The zero-order chi connectivity index (χ0) is 20.8. The Bertz CT molecular complexity index is 863. The second kappa shape index (κ2) is 10.1. The van der Waals surface area contributed by atoms with Gasteiger partial charge in [0.05, 0.1) is 12.3 Å². The third-order valence-corrected chi connectivity index (χ3v) is 6.02. The lowest BCUT2D eigenvalue weighted by Crippen LogP contribution is -2.36. The molecule has 2 fully saturated rings. The molecule has 4 rings (SSSR count). The molecule has 2 saturated heterocycles. The van der Waals surface area contributed by atoms with Crippen molar-refractivity contribution in [2.75, 3.05) is 44.8 Å². The van der Waals surface area contributed by atoms with Gasteiger partial charge in [-0.1, -0.05) is 0 Å². The van der Waals surface area contributed by atoms with Gasteiger partial charge in [-0.15, -0.1) is 0 Å². The van der Waals surface area contributed by atoms with Gasteiger partial charge in [0, 0.05) is 69.7 Å². The molecule has 8 nitrogen and oxygen atoms in total. The first-order chi connectivity index (χ1) is 14.7. The van der Waals surface area contributed by atoms with Crippen LogP contribution < -0.4 is 10.5 Å². The normalized spacial score (nSPS) is 20.4. The molecule has 2 aromatic heterocycles. The molecule has 0 saturated carbocycles. The van der Waals surface area contributed by atoms with Crippen molar-refractivity contribution in [3.8, 4) is 0 Å². The van der Waals surface area contributed by atoms with Crippen LogP contribution in [0.2, 0.25) is 0 Å². The predicted molar refractivity (Wildman–Crippen MR) is 116 cm³/mol. The quantitative estimate of drug-likeness (QED) is 0.745. The molecule has 0 aliphatic carbocycles. The molecule has 1 N–H and O–H groups in total. The largest absolute Gasteiger partial charge is 0.384 e. The molecule has 8 heteroatoms. The summed E-state index contributed by atoms with van der Waals surface area (Å²) in [4.78, 5) is 33.7.